The molecule has 0 amide bonds. The number of ketones is 1. The molecule has 4 rings (SSSR count). The van der Waals surface area contributed by atoms with Crippen LogP contribution in [0.1, 0.15) is 44.1 Å². The molecule has 0 bridgehead atoms. The second-order valence-electron chi connectivity index (χ2n) is 8.81. The topological polar surface area (TPSA) is 117 Å². The molecule has 2 aliphatic carbocycles. The van der Waals surface area contributed by atoms with Gasteiger partial charge in [-0.15, -0.1) is 0 Å². The number of carbonyl (C=O) groups excluding carboxylic acids is 1. The number of hydrogen-bond acceptors (Lipinski definition) is 6. The highest BCUT2D eigenvalue weighted by molar-refractivity contribution is 5.98. The van der Waals surface area contributed by atoms with Crippen molar-refractivity contribution in [3.8, 4) is 6.07 Å². The van der Waals surface area contributed by atoms with E-state index in [1.807, 2.05) is 23.2 Å². The van der Waals surface area contributed by atoms with Gasteiger partial charge in [0.25, 0.3) is 0 Å². The van der Waals surface area contributed by atoms with E-state index in [1.165, 1.54) is 12.1 Å². The van der Waals surface area contributed by atoms with Crippen LogP contribution in [0.3, 0.4) is 0 Å². The van der Waals surface area contributed by atoms with Crippen LogP contribution in [0.25, 0.3) is 5.57 Å². The predicted octanol–water partition coefficient (Wildman–Crippen LogP) is 4.47. The van der Waals surface area contributed by atoms with Gasteiger partial charge < -0.3 is 20.5 Å². The number of ether oxygens (including phenoxy) is 1. The molecule has 1 saturated carbocycles. The summed E-state index contributed by atoms with van der Waals surface area (Å²) < 4.78 is 51.6. The Morgan fingerprint density at radius 2 is 1.95 bits per heavy atom. The number of benzene rings is 1. The second-order valence-corrected chi connectivity index (χ2v) is 8.81. The first kappa shape index (κ1) is 28.1. The van der Waals surface area contributed by atoms with Gasteiger partial charge >= 0.3 is 12.1 Å². The minimum atomic E-state index is -5.08. The smallest absolute Gasteiger partial charge is 0.475 e. The summed E-state index contributed by atoms with van der Waals surface area (Å²) in [4.78, 5) is 23.6. The van der Waals surface area contributed by atoms with Crippen molar-refractivity contribution >= 4 is 17.3 Å². The zero-order valence-electron chi connectivity index (χ0n) is 19.9. The van der Waals surface area contributed by atoms with Crippen LogP contribution in [0.5, 0.6) is 0 Å². The number of nitrogens with zero attached hydrogens (tertiary/aromatic N) is 2. The van der Waals surface area contributed by atoms with Gasteiger partial charge in [0.15, 0.2) is 5.78 Å². The van der Waals surface area contributed by atoms with Crippen molar-refractivity contribution in [3.05, 3.63) is 64.8 Å². The SMILES string of the molecule is N#CC1=C(c2cccc(F)c2)C2=CC(OCCCCCN)C(=O)CC2=CN1C1CC1.O=C(O)C(F)(F)F. The van der Waals surface area contributed by atoms with Gasteiger partial charge in [0.05, 0.1) is 0 Å². The largest absolute Gasteiger partial charge is 0.490 e. The van der Waals surface area contributed by atoms with Crippen molar-refractivity contribution in [1.29, 1.82) is 5.26 Å². The van der Waals surface area contributed by atoms with Crippen LogP contribution in [-0.2, 0) is 14.3 Å². The molecular weight excluding hydrogens is 494 g/mol. The fourth-order valence-corrected chi connectivity index (χ4v) is 4.05. The average molecular weight is 522 g/mol. The maximum Gasteiger partial charge on any atom is 0.490 e. The van der Waals surface area contributed by atoms with Crippen LogP contribution in [0.2, 0.25) is 0 Å². The Morgan fingerprint density at radius 1 is 1.24 bits per heavy atom. The number of Topliss-reactive ketones (excluding diaryl/α,β-unsaturated/α-hetero) is 1. The molecule has 1 aromatic carbocycles. The molecular formula is C26H27F4N3O4. The quantitative estimate of drug-likeness (QED) is 0.383. The number of carboxylic acids is 1. The number of aliphatic carboxylic acids is 1. The third-order valence-corrected chi connectivity index (χ3v) is 5.95. The monoisotopic (exact) mass is 521 g/mol. The van der Waals surface area contributed by atoms with Crippen LogP contribution in [0.15, 0.2) is 53.4 Å². The molecule has 1 heterocycles. The van der Waals surface area contributed by atoms with Gasteiger partial charge in [-0.1, -0.05) is 12.1 Å². The first-order chi connectivity index (χ1) is 17.6. The van der Waals surface area contributed by atoms with Gasteiger partial charge in [-0.25, -0.2) is 9.18 Å². The Bertz CT molecular complexity index is 1160. The first-order valence-corrected chi connectivity index (χ1v) is 11.8. The lowest BCUT2D eigenvalue weighted by Gasteiger charge is -2.34. The maximum atomic E-state index is 14.0. The van der Waals surface area contributed by atoms with Crippen LogP contribution in [0.4, 0.5) is 17.6 Å². The van der Waals surface area contributed by atoms with Crippen LogP contribution in [0, 0.1) is 17.1 Å². The van der Waals surface area contributed by atoms with E-state index < -0.39 is 18.2 Å². The summed E-state index contributed by atoms with van der Waals surface area (Å²) in [6.07, 6.45) is 3.01. The summed E-state index contributed by atoms with van der Waals surface area (Å²) in [6.45, 7) is 1.13. The van der Waals surface area contributed by atoms with E-state index in [9.17, 15) is 27.6 Å². The number of fused-ring (bicyclic) bond motifs is 1. The van der Waals surface area contributed by atoms with Crippen LogP contribution in [-0.4, -0.2) is 53.2 Å². The summed E-state index contributed by atoms with van der Waals surface area (Å²) in [5.41, 5.74) is 9.03. The molecule has 3 aliphatic rings. The lowest BCUT2D eigenvalue weighted by Crippen LogP contribution is -2.32. The number of halogens is 4. The molecule has 7 nitrogen and oxygen atoms in total. The number of carbonyl (C=O) groups is 2. The van der Waals surface area contributed by atoms with Crippen molar-refractivity contribution in [3.63, 3.8) is 0 Å². The van der Waals surface area contributed by atoms with Gasteiger partial charge in [0, 0.05) is 30.8 Å². The summed E-state index contributed by atoms with van der Waals surface area (Å²) in [5.74, 6) is -3.10. The highest BCUT2D eigenvalue weighted by Gasteiger charge is 2.39. The molecule has 1 fully saturated rings. The number of unbranched alkanes of at least 4 members (excludes halogenated alkanes) is 2. The lowest BCUT2D eigenvalue weighted by molar-refractivity contribution is -0.192. The summed E-state index contributed by atoms with van der Waals surface area (Å²) >= 11 is 0. The zero-order valence-corrected chi connectivity index (χ0v) is 19.9. The second kappa shape index (κ2) is 12.2. The summed E-state index contributed by atoms with van der Waals surface area (Å²) in [7, 11) is 0. The van der Waals surface area contributed by atoms with Gasteiger partial charge in [0.2, 0.25) is 0 Å². The highest BCUT2D eigenvalue weighted by atomic mass is 19.4. The lowest BCUT2D eigenvalue weighted by atomic mass is 9.81. The van der Waals surface area contributed by atoms with E-state index in [0.717, 1.165) is 43.3 Å². The maximum absolute atomic E-state index is 14.0. The molecule has 37 heavy (non-hydrogen) atoms. The van der Waals surface area contributed by atoms with E-state index in [1.54, 1.807) is 6.07 Å². The Morgan fingerprint density at radius 3 is 2.51 bits per heavy atom. The average Bonchev–Trinajstić information content (AvgIpc) is 3.68. The number of hydrogen-bond donors (Lipinski definition) is 2. The molecule has 0 spiro atoms. The molecule has 0 saturated heterocycles. The summed E-state index contributed by atoms with van der Waals surface area (Å²) in [6, 6.07) is 8.88. The minimum Gasteiger partial charge on any atom is -0.475 e. The standard InChI is InChI=1S/C24H26FN3O2.C2HF3O2/c25-18-6-4-5-16(11-18)24-20-13-23(30-10-3-1-2-9-26)22(29)12-17(20)15-28(19-7-8-19)21(24)14-27;3-2(4,5)1(6)7/h4-6,11,13,15,19,23H,1-3,7-10,12,26H2;(H,6,7). The van der Waals surface area contributed by atoms with Gasteiger partial charge in [-0.05, 0) is 73.6 Å². The number of rotatable bonds is 8. The molecule has 198 valence electrons. The molecule has 0 radical (unpaired) electrons. The zero-order chi connectivity index (χ0) is 27.2. The molecule has 11 heteroatoms. The van der Waals surface area contributed by atoms with Crippen molar-refractivity contribution in [1.82, 2.24) is 4.90 Å². The first-order valence-electron chi connectivity index (χ1n) is 11.8. The summed E-state index contributed by atoms with van der Waals surface area (Å²) in [5, 5.41) is 17.1. The van der Waals surface area contributed by atoms with Crippen LogP contribution < -0.4 is 5.73 Å². The van der Waals surface area contributed by atoms with Crippen LogP contribution >= 0.6 is 0 Å². The van der Waals surface area contributed by atoms with Crippen molar-refractivity contribution < 1.29 is 37.0 Å². The van der Waals surface area contributed by atoms with E-state index in [-0.39, 0.29) is 24.1 Å². The Hall–Kier alpha value is -3.49. The Balaban J connectivity index is 0.000000479. The molecule has 1 aromatic rings. The molecule has 1 aliphatic heterocycles. The fraction of sp³-hybridized carbons (Fsp3) is 0.423. The van der Waals surface area contributed by atoms with E-state index >= 15 is 0 Å². The van der Waals surface area contributed by atoms with Crippen molar-refractivity contribution in [2.24, 2.45) is 5.73 Å². The van der Waals surface area contributed by atoms with E-state index in [4.69, 9.17) is 20.4 Å². The molecule has 1 unspecified atom stereocenters. The third-order valence-electron chi connectivity index (χ3n) is 5.95. The minimum absolute atomic E-state index is 0.0126. The number of alkyl halides is 3. The Labute approximate surface area is 211 Å². The third kappa shape index (κ3) is 7.27. The number of allylic oxidation sites excluding steroid dienone is 4. The van der Waals surface area contributed by atoms with E-state index in [2.05, 4.69) is 6.07 Å². The van der Waals surface area contributed by atoms with Gasteiger partial charge in [-0.3, -0.25) is 4.79 Å². The Kier molecular flexibility index (Phi) is 9.23. The van der Waals surface area contributed by atoms with Gasteiger partial charge in [0.1, 0.15) is 23.7 Å². The van der Waals surface area contributed by atoms with Gasteiger partial charge in [-0.2, -0.15) is 18.4 Å². The fourth-order valence-electron chi connectivity index (χ4n) is 4.05. The molecule has 1 atom stereocenters. The van der Waals surface area contributed by atoms with Crippen molar-refractivity contribution in [2.45, 2.75) is 56.8 Å². The van der Waals surface area contributed by atoms with E-state index in [0.29, 0.717) is 30.0 Å². The number of nitriles is 1. The predicted molar refractivity (Wildman–Crippen MR) is 126 cm³/mol. The number of carboxylic acid groups (broad SMARTS) is 1. The van der Waals surface area contributed by atoms with Crippen molar-refractivity contribution in [2.75, 3.05) is 13.2 Å². The molecule has 0 aromatic heterocycles. The molecule has 3 N–H and O–H groups in total. The highest BCUT2D eigenvalue weighted by Crippen LogP contribution is 2.44. The number of nitrogens with two attached hydrogens (primary N) is 1. The normalized spacial score (nSPS) is 19.3.